The summed E-state index contributed by atoms with van der Waals surface area (Å²) in [6.07, 6.45) is 0. The van der Waals surface area contributed by atoms with E-state index in [1.807, 2.05) is 11.4 Å². The van der Waals surface area contributed by atoms with E-state index in [1.54, 1.807) is 30.4 Å². The van der Waals surface area contributed by atoms with E-state index >= 15 is 0 Å². The minimum absolute atomic E-state index is 0.126. The zero-order chi connectivity index (χ0) is 14.5. The van der Waals surface area contributed by atoms with E-state index in [2.05, 4.69) is 23.7 Å². The van der Waals surface area contributed by atoms with Gasteiger partial charge in [0.2, 0.25) is 0 Å². The van der Waals surface area contributed by atoms with Crippen molar-refractivity contribution >= 4 is 28.7 Å². The highest BCUT2D eigenvalue weighted by atomic mass is 32.1. The van der Waals surface area contributed by atoms with Crippen LogP contribution in [0.1, 0.15) is 35.8 Å². The van der Waals surface area contributed by atoms with E-state index in [4.69, 9.17) is 10.5 Å². The highest BCUT2D eigenvalue weighted by molar-refractivity contribution is 7.08. The van der Waals surface area contributed by atoms with Gasteiger partial charge in [-0.3, -0.25) is 0 Å². The number of esters is 1. The summed E-state index contributed by atoms with van der Waals surface area (Å²) in [5, 5.41) is 7.44. The number of benzene rings is 1. The van der Waals surface area contributed by atoms with Gasteiger partial charge in [0.1, 0.15) is 0 Å². The van der Waals surface area contributed by atoms with Crippen LogP contribution in [0.2, 0.25) is 0 Å². The predicted octanol–water partition coefficient (Wildman–Crippen LogP) is 3.68. The van der Waals surface area contributed by atoms with E-state index in [0.717, 1.165) is 5.69 Å². The molecule has 0 saturated heterocycles. The Morgan fingerprint density at radius 3 is 2.90 bits per heavy atom. The maximum Gasteiger partial charge on any atom is 0.340 e. The molecule has 4 nitrogen and oxygen atoms in total. The first-order valence-corrected chi connectivity index (χ1v) is 7.42. The smallest absolute Gasteiger partial charge is 0.340 e. The number of carbonyl (C=O) groups excluding carboxylic acids is 1. The molecule has 20 heavy (non-hydrogen) atoms. The number of thiophene rings is 1. The lowest BCUT2D eigenvalue weighted by molar-refractivity contribution is 0.0527. The van der Waals surface area contributed by atoms with Crippen molar-refractivity contribution in [2.24, 2.45) is 0 Å². The molecule has 0 bridgehead atoms. The largest absolute Gasteiger partial charge is 0.462 e. The standard InChI is InChI=1S/C15H18N2O2S/c1-3-19-15(18)12-5-4-6-13(14(12)16)17-10(2)11-7-8-20-9-11/h4-10,17H,3,16H2,1-2H3. The second kappa shape index (κ2) is 6.43. The molecule has 1 aromatic carbocycles. The van der Waals surface area contributed by atoms with Gasteiger partial charge in [-0.15, -0.1) is 0 Å². The zero-order valence-electron chi connectivity index (χ0n) is 11.6. The van der Waals surface area contributed by atoms with Crippen LogP contribution in [0.4, 0.5) is 11.4 Å². The van der Waals surface area contributed by atoms with Gasteiger partial charge in [0.25, 0.3) is 0 Å². The third-order valence-corrected chi connectivity index (χ3v) is 3.72. The summed E-state index contributed by atoms with van der Waals surface area (Å²) in [6.45, 7) is 4.16. The summed E-state index contributed by atoms with van der Waals surface area (Å²) in [6, 6.07) is 7.52. The van der Waals surface area contributed by atoms with E-state index in [9.17, 15) is 4.79 Å². The van der Waals surface area contributed by atoms with Crippen LogP contribution in [0.5, 0.6) is 0 Å². The fraction of sp³-hybridized carbons (Fsp3) is 0.267. The lowest BCUT2D eigenvalue weighted by atomic mass is 10.1. The minimum atomic E-state index is -0.392. The number of rotatable bonds is 5. The van der Waals surface area contributed by atoms with Crippen molar-refractivity contribution in [3.8, 4) is 0 Å². The fourth-order valence-corrected chi connectivity index (χ4v) is 2.67. The van der Waals surface area contributed by atoms with Crippen LogP contribution >= 0.6 is 11.3 Å². The molecule has 1 heterocycles. The molecule has 0 aliphatic rings. The molecule has 3 N–H and O–H groups in total. The van der Waals surface area contributed by atoms with Gasteiger partial charge in [-0.2, -0.15) is 11.3 Å². The number of ether oxygens (including phenoxy) is 1. The Labute approximate surface area is 122 Å². The Balaban J connectivity index is 2.20. The molecule has 5 heteroatoms. The quantitative estimate of drug-likeness (QED) is 0.651. The van der Waals surface area contributed by atoms with E-state index < -0.39 is 5.97 Å². The molecule has 0 amide bonds. The topological polar surface area (TPSA) is 64.3 Å². The van der Waals surface area contributed by atoms with Crippen LogP contribution in [0, 0.1) is 0 Å². The Morgan fingerprint density at radius 1 is 1.45 bits per heavy atom. The van der Waals surface area contributed by atoms with Crippen LogP contribution in [-0.4, -0.2) is 12.6 Å². The molecule has 1 atom stereocenters. The normalized spacial score (nSPS) is 11.9. The molecule has 0 saturated carbocycles. The van der Waals surface area contributed by atoms with Gasteiger partial charge in [0.15, 0.2) is 0 Å². The van der Waals surface area contributed by atoms with Crippen molar-refractivity contribution in [1.82, 2.24) is 0 Å². The van der Waals surface area contributed by atoms with Gasteiger partial charge in [-0.25, -0.2) is 4.79 Å². The average Bonchev–Trinajstić information content (AvgIpc) is 2.95. The molecule has 2 rings (SSSR count). The molecule has 106 valence electrons. The van der Waals surface area contributed by atoms with Crippen LogP contribution in [0.15, 0.2) is 35.0 Å². The summed E-state index contributed by atoms with van der Waals surface area (Å²) in [5.41, 5.74) is 8.81. The lowest BCUT2D eigenvalue weighted by Gasteiger charge is -2.17. The van der Waals surface area contributed by atoms with E-state index in [0.29, 0.717) is 17.9 Å². The summed E-state index contributed by atoms with van der Waals surface area (Å²) in [4.78, 5) is 11.8. The van der Waals surface area contributed by atoms with Crippen molar-refractivity contribution in [1.29, 1.82) is 0 Å². The second-order valence-corrected chi connectivity index (χ2v) is 5.19. The molecule has 0 aliphatic carbocycles. The minimum Gasteiger partial charge on any atom is -0.462 e. The molecule has 1 unspecified atom stereocenters. The predicted molar refractivity (Wildman–Crippen MR) is 83.2 cm³/mol. The van der Waals surface area contributed by atoms with Crippen molar-refractivity contribution < 1.29 is 9.53 Å². The zero-order valence-corrected chi connectivity index (χ0v) is 12.4. The molecule has 2 aromatic rings. The van der Waals surface area contributed by atoms with Crippen molar-refractivity contribution in [2.75, 3.05) is 17.7 Å². The highest BCUT2D eigenvalue weighted by Crippen LogP contribution is 2.28. The average molecular weight is 290 g/mol. The van der Waals surface area contributed by atoms with E-state index in [1.165, 1.54) is 5.56 Å². The number of para-hydroxylation sites is 1. The maximum absolute atomic E-state index is 11.8. The highest BCUT2D eigenvalue weighted by Gasteiger charge is 2.15. The number of hydrogen-bond acceptors (Lipinski definition) is 5. The molecular formula is C15H18N2O2S. The first-order valence-electron chi connectivity index (χ1n) is 6.47. The van der Waals surface area contributed by atoms with Crippen LogP contribution in [-0.2, 0) is 4.74 Å². The second-order valence-electron chi connectivity index (χ2n) is 4.41. The molecule has 0 fully saturated rings. The first-order chi connectivity index (χ1) is 9.63. The molecular weight excluding hydrogens is 272 g/mol. The summed E-state index contributed by atoms with van der Waals surface area (Å²) in [5.74, 6) is -0.392. The summed E-state index contributed by atoms with van der Waals surface area (Å²) >= 11 is 1.65. The van der Waals surface area contributed by atoms with Crippen LogP contribution < -0.4 is 11.1 Å². The van der Waals surface area contributed by atoms with Crippen LogP contribution in [0.25, 0.3) is 0 Å². The third-order valence-electron chi connectivity index (χ3n) is 3.02. The van der Waals surface area contributed by atoms with Gasteiger partial charge in [-0.05, 0) is 48.4 Å². The lowest BCUT2D eigenvalue weighted by Crippen LogP contribution is -2.12. The number of nitrogens with one attached hydrogen (secondary N) is 1. The summed E-state index contributed by atoms with van der Waals surface area (Å²) in [7, 11) is 0. The Morgan fingerprint density at radius 2 is 2.25 bits per heavy atom. The number of nitrogens with two attached hydrogens (primary N) is 1. The Hall–Kier alpha value is -2.01. The summed E-state index contributed by atoms with van der Waals surface area (Å²) < 4.78 is 5.00. The number of anilines is 2. The third kappa shape index (κ3) is 3.11. The Kier molecular flexibility index (Phi) is 4.63. The van der Waals surface area contributed by atoms with Gasteiger partial charge < -0.3 is 15.8 Å². The molecule has 1 aromatic heterocycles. The van der Waals surface area contributed by atoms with Gasteiger partial charge >= 0.3 is 5.97 Å². The van der Waals surface area contributed by atoms with Gasteiger partial charge in [0.05, 0.1) is 23.5 Å². The van der Waals surface area contributed by atoms with Crippen molar-refractivity contribution in [3.05, 3.63) is 46.2 Å². The monoisotopic (exact) mass is 290 g/mol. The van der Waals surface area contributed by atoms with Crippen molar-refractivity contribution in [3.63, 3.8) is 0 Å². The number of nitrogen functional groups attached to an aromatic ring is 1. The molecule has 0 spiro atoms. The Bertz CT molecular complexity index is 582. The van der Waals surface area contributed by atoms with E-state index in [-0.39, 0.29) is 6.04 Å². The molecule has 0 radical (unpaired) electrons. The van der Waals surface area contributed by atoms with Gasteiger partial charge in [-0.1, -0.05) is 6.07 Å². The SMILES string of the molecule is CCOC(=O)c1cccc(NC(C)c2ccsc2)c1N. The number of hydrogen-bond donors (Lipinski definition) is 2. The van der Waals surface area contributed by atoms with Crippen LogP contribution in [0.3, 0.4) is 0 Å². The molecule has 0 aliphatic heterocycles. The fourth-order valence-electron chi connectivity index (χ4n) is 1.92. The van der Waals surface area contributed by atoms with Gasteiger partial charge in [0, 0.05) is 6.04 Å². The van der Waals surface area contributed by atoms with Crippen molar-refractivity contribution in [2.45, 2.75) is 19.9 Å². The number of carbonyl (C=O) groups is 1. The first kappa shape index (κ1) is 14.4. The maximum atomic E-state index is 11.8.